The molecule has 6 nitrogen and oxygen atoms in total. The smallest absolute Gasteiger partial charge is 0.274 e. The Morgan fingerprint density at radius 3 is 2.77 bits per heavy atom. The van der Waals surface area contributed by atoms with E-state index in [0.29, 0.717) is 21.4 Å². The van der Waals surface area contributed by atoms with E-state index in [2.05, 4.69) is 20.5 Å². The highest BCUT2D eigenvalue weighted by Crippen LogP contribution is 2.25. The van der Waals surface area contributed by atoms with Crippen LogP contribution in [0.25, 0.3) is 0 Å². The summed E-state index contributed by atoms with van der Waals surface area (Å²) in [6, 6.07) is 8.46. The van der Waals surface area contributed by atoms with Gasteiger partial charge >= 0.3 is 0 Å². The molecule has 1 aromatic heterocycles. The number of nitrogens with zero attached hydrogens (tertiary/aromatic N) is 2. The minimum absolute atomic E-state index is 0.312. The number of morpholine rings is 1. The molecule has 2 aromatic rings. The third-order valence-corrected chi connectivity index (χ3v) is 4.58. The first-order valence-electron chi connectivity index (χ1n) is 8.38. The lowest BCUT2D eigenvalue weighted by Gasteiger charge is -2.26. The van der Waals surface area contributed by atoms with Gasteiger partial charge in [-0.15, -0.1) is 0 Å². The largest absolute Gasteiger partial charge is 0.384 e. The number of anilines is 2. The molecule has 0 aliphatic carbocycles. The monoisotopic (exact) mass is 394 g/mol. The summed E-state index contributed by atoms with van der Waals surface area (Å²) in [4.78, 5) is 18.9. The maximum absolute atomic E-state index is 12.4. The number of benzene rings is 1. The number of rotatable bonds is 6. The molecule has 0 unspecified atom stereocenters. The first-order valence-corrected chi connectivity index (χ1v) is 9.14. The first-order chi connectivity index (χ1) is 12.6. The van der Waals surface area contributed by atoms with Crippen LogP contribution >= 0.6 is 23.2 Å². The molecule has 138 valence electrons. The zero-order valence-corrected chi connectivity index (χ0v) is 15.7. The van der Waals surface area contributed by atoms with E-state index in [1.807, 2.05) is 6.07 Å². The Bertz CT molecular complexity index is 767. The Morgan fingerprint density at radius 2 is 2.00 bits per heavy atom. The van der Waals surface area contributed by atoms with E-state index in [9.17, 15) is 4.79 Å². The summed E-state index contributed by atoms with van der Waals surface area (Å²) in [6.45, 7) is 5.18. The van der Waals surface area contributed by atoms with E-state index in [4.69, 9.17) is 27.9 Å². The molecule has 1 amide bonds. The fourth-order valence-corrected chi connectivity index (χ4v) is 3.08. The molecule has 0 atom stereocenters. The van der Waals surface area contributed by atoms with Crippen molar-refractivity contribution in [1.82, 2.24) is 9.88 Å². The van der Waals surface area contributed by atoms with Gasteiger partial charge in [0, 0.05) is 43.1 Å². The van der Waals surface area contributed by atoms with Crippen LogP contribution in [0.4, 0.5) is 11.4 Å². The second-order valence-electron chi connectivity index (χ2n) is 5.89. The first kappa shape index (κ1) is 18.9. The van der Waals surface area contributed by atoms with Crippen LogP contribution in [0.1, 0.15) is 10.5 Å². The minimum Gasteiger partial charge on any atom is -0.384 e. The lowest BCUT2D eigenvalue weighted by molar-refractivity contribution is 0.0398. The van der Waals surface area contributed by atoms with Gasteiger partial charge in [0.05, 0.1) is 23.9 Å². The van der Waals surface area contributed by atoms with Gasteiger partial charge in [-0.2, -0.15) is 0 Å². The van der Waals surface area contributed by atoms with Crippen LogP contribution in [0.3, 0.4) is 0 Å². The molecule has 1 aliphatic rings. The van der Waals surface area contributed by atoms with Gasteiger partial charge in [0.25, 0.3) is 5.91 Å². The van der Waals surface area contributed by atoms with Crippen LogP contribution in [0.2, 0.25) is 10.0 Å². The highest BCUT2D eigenvalue weighted by Gasteiger charge is 2.12. The predicted molar refractivity (Wildman–Crippen MR) is 104 cm³/mol. The molecular formula is C18H20Cl2N4O2. The van der Waals surface area contributed by atoms with Crippen molar-refractivity contribution in [3.8, 4) is 0 Å². The molecule has 0 bridgehead atoms. The molecule has 0 saturated carbocycles. The molecule has 3 rings (SSSR count). The Balaban J connectivity index is 1.56. The van der Waals surface area contributed by atoms with Gasteiger partial charge < -0.3 is 15.4 Å². The normalized spacial score (nSPS) is 14.8. The quantitative estimate of drug-likeness (QED) is 0.785. The summed E-state index contributed by atoms with van der Waals surface area (Å²) in [5.41, 5.74) is 1.65. The molecule has 2 heterocycles. The molecule has 2 N–H and O–H groups in total. The average molecular weight is 395 g/mol. The number of hydrogen-bond acceptors (Lipinski definition) is 5. The highest BCUT2D eigenvalue weighted by atomic mass is 35.5. The Labute approximate surface area is 162 Å². The molecule has 26 heavy (non-hydrogen) atoms. The molecule has 1 aromatic carbocycles. The van der Waals surface area contributed by atoms with Gasteiger partial charge in [-0.3, -0.25) is 14.7 Å². The zero-order chi connectivity index (χ0) is 18.4. The van der Waals surface area contributed by atoms with Gasteiger partial charge in [-0.25, -0.2) is 0 Å². The third-order valence-electron chi connectivity index (χ3n) is 4.03. The van der Waals surface area contributed by atoms with Crippen molar-refractivity contribution in [2.45, 2.75) is 0 Å². The van der Waals surface area contributed by atoms with Crippen LogP contribution in [-0.2, 0) is 4.74 Å². The van der Waals surface area contributed by atoms with Gasteiger partial charge in [0.15, 0.2) is 0 Å². The van der Waals surface area contributed by atoms with Crippen molar-refractivity contribution in [3.05, 3.63) is 52.3 Å². The fourth-order valence-electron chi connectivity index (χ4n) is 2.62. The SMILES string of the molecule is O=C(Nc1ccc(Cl)cc1Cl)c1cc(NCCN2CCOCC2)ccn1. The second-order valence-corrected chi connectivity index (χ2v) is 6.73. The fraction of sp³-hybridized carbons (Fsp3) is 0.333. The number of amides is 1. The lowest BCUT2D eigenvalue weighted by Crippen LogP contribution is -2.39. The van der Waals surface area contributed by atoms with Gasteiger partial charge in [0.2, 0.25) is 0 Å². The van der Waals surface area contributed by atoms with Crippen molar-refractivity contribution in [2.75, 3.05) is 50.0 Å². The standard InChI is InChI=1S/C18H20Cl2N4O2/c19-13-1-2-16(15(20)11-13)23-18(25)17-12-14(3-4-22-17)21-5-6-24-7-9-26-10-8-24/h1-4,11-12H,5-10H2,(H,21,22)(H,23,25). The van der Waals surface area contributed by atoms with Crippen LogP contribution in [0.15, 0.2) is 36.5 Å². The number of pyridine rings is 1. The number of halogens is 2. The second kappa shape index (κ2) is 9.19. The summed E-state index contributed by atoms with van der Waals surface area (Å²) in [5, 5.41) is 6.96. The summed E-state index contributed by atoms with van der Waals surface area (Å²) in [6.07, 6.45) is 1.61. The van der Waals surface area contributed by atoms with Crippen molar-refractivity contribution < 1.29 is 9.53 Å². The molecule has 1 fully saturated rings. The van der Waals surface area contributed by atoms with E-state index < -0.39 is 0 Å². The van der Waals surface area contributed by atoms with Crippen LogP contribution < -0.4 is 10.6 Å². The van der Waals surface area contributed by atoms with E-state index in [0.717, 1.165) is 45.1 Å². The molecule has 8 heteroatoms. The zero-order valence-electron chi connectivity index (χ0n) is 14.2. The number of carbonyl (C=O) groups is 1. The summed E-state index contributed by atoms with van der Waals surface area (Å²) in [7, 11) is 0. The van der Waals surface area contributed by atoms with Crippen LogP contribution in [-0.4, -0.2) is 55.2 Å². The van der Waals surface area contributed by atoms with Crippen molar-refractivity contribution >= 4 is 40.5 Å². The third kappa shape index (κ3) is 5.32. The summed E-state index contributed by atoms with van der Waals surface area (Å²) in [5.74, 6) is -0.328. The Hall–Kier alpha value is -1.86. The van der Waals surface area contributed by atoms with E-state index >= 15 is 0 Å². The average Bonchev–Trinajstić information content (AvgIpc) is 2.65. The number of hydrogen-bond donors (Lipinski definition) is 2. The number of nitrogens with one attached hydrogen (secondary N) is 2. The molecule has 0 radical (unpaired) electrons. The highest BCUT2D eigenvalue weighted by molar-refractivity contribution is 6.36. The van der Waals surface area contributed by atoms with Crippen molar-refractivity contribution in [1.29, 1.82) is 0 Å². The van der Waals surface area contributed by atoms with Crippen LogP contribution in [0, 0.1) is 0 Å². The maximum atomic E-state index is 12.4. The van der Waals surface area contributed by atoms with E-state index in [1.54, 1.807) is 30.5 Å². The topological polar surface area (TPSA) is 66.5 Å². The Kier molecular flexibility index (Phi) is 6.68. The number of aromatic nitrogens is 1. The van der Waals surface area contributed by atoms with Crippen LogP contribution in [0.5, 0.6) is 0 Å². The number of ether oxygens (including phenoxy) is 1. The summed E-state index contributed by atoms with van der Waals surface area (Å²) >= 11 is 12.0. The molecule has 0 spiro atoms. The van der Waals surface area contributed by atoms with E-state index in [1.165, 1.54) is 0 Å². The number of carbonyl (C=O) groups excluding carboxylic acids is 1. The van der Waals surface area contributed by atoms with E-state index in [-0.39, 0.29) is 5.91 Å². The maximum Gasteiger partial charge on any atom is 0.274 e. The minimum atomic E-state index is -0.328. The van der Waals surface area contributed by atoms with Crippen molar-refractivity contribution in [2.24, 2.45) is 0 Å². The lowest BCUT2D eigenvalue weighted by atomic mass is 10.2. The molecule has 1 saturated heterocycles. The molecule has 1 aliphatic heterocycles. The van der Waals surface area contributed by atoms with Gasteiger partial charge in [-0.05, 0) is 30.3 Å². The Morgan fingerprint density at radius 1 is 1.19 bits per heavy atom. The van der Waals surface area contributed by atoms with Gasteiger partial charge in [-0.1, -0.05) is 23.2 Å². The molecular weight excluding hydrogens is 375 g/mol. The predicted octanol–water partition coefficient (Wildman–Crippen LogP) is 3.38. The van der Waals surface area contributed by atoms with Crippen molar-refractivity contribution in [3.63, 3.8) is 0 Å². The summed E-state index contributed by atoms with van der Waals surface area (Å²) < 4.78 is 5.34. The van der Waals surface area contributed by atoms with Gasteiger partial charge in [0.1, 0.15) is 5.69 Å².